The molecule has 0 bridgehead atoms. The first-order valence-corrected chi connectivity index (χ1v) is 6.74. The number of para-hydroxylation sites is 1. The molecule has 1 aromatic heterocycles. The van der Waals surface area contributed by atoms with Gasteiger partial charge in [0, 0.05) is 4.90 Å². The first kappa shape index (κ1) is 12.0. The molecule has 0 amide bonds. The zero-order chi connectivity index (χ0) is 13.2. The van der Waals surface area contributed by atoms with E-state index in [1.807, 2.05) is 12.1 Å². The highest BCUT2D eigenvalue weighted by Gasteiger charge is 2.09. The smallest absolute Gasteiger partial charge is 0.205 e. The number of nitrogens with zero attached hydrogens (tertiary/aromatic N) is 1. The van der Waals surface area contributed by atoms with E-state index in [0.717, 1.165) is 0 Å². The summed E-state index contributed by atoms with van der Waals surface area (Å²) in [5.74, 6) is 0.777. The highest BCUT2D eigenvalue weighted by Crippen LogP contribution is 2.28. The Hall–Kier alpha value is -2.01. The van der Waals surface area contributed by atoms with Crippen molar-refractivity contribution in [3.63, 3.8) is 0 Å². The Morgan fingerprint density at radius 2 is 2.00 bits per heavy atom. The molecule has 0 radical (unpaired) electrons. The summed E-state index contributed by atoms with van der Waals surface area (Å²) >= 11 is 1.35. The normalized spacial score (nSPS) is 11.0. The van der Waals surface area contributed by atoms with Gasteiger partial charge in [0.1, 0.15) is 11.3 Å². The Kier molecular flexibility index (Phi) is 3.13. The van der Waals surface area contributed by atoms with E-state index in [2.05, 4.69) is 4.98 Å². The molecule has 1 heterocycles. The summed E-state index contributed by atoms with van der Waals surface area (Å²) < 4.78 is 19.0. The predicted octanol–water partition coefficient (Wildman–Crippen LogP) is 3.84. The minimum Gasteiger partial charge on any atom is -0.440 e. The van der Waals surface area contributed by atoms with Crippen molar-refractivity contribution in [2.45, 2.75) is 10.6 Å². The Morgan fingerprint density at radius 1 is 1.16 bits per heavy atom. The number of aromatic nitrogens is 1. The van der Waals surface area contributed by atoms with Gasteiger partial charge in [-0.2, -0.15) is 0 Å². The van der Waals surface area contributed by atoms with E-state index in [0.29, 0.717) is 33.3 Å². The number of benzene rings is 2. The fourth-order valence-corrected chi connectivity index (χ4v) is 2.56. The van der Waals surface area contributed by atoms with Crippen molar-refractivity contribution in [3.05, 3.63) is 54.2 Å². The van der Waals surface area contributed by atoms with Gasteiger partial charge in [0.2, 0.25) is 5.89 Å². The third kappa shape index (κ3) is 2.42. The third-order valence-corrected chi connectivity index (χ3v) is 3.72. The van der Waals surface area contributed by atoms with E-state index in [1.165, 1.54) is 17.8 Å². The van der Waals surface area contributed by atoms with Crippen LogP contribution in [0.4, 0.5) is 10.1 Å². The van der Waals surface area contributed by atoms with Gasteiger partial charge in [-0.15, -0.1) is 11.8 Å². The summed E-state index contributed by atoms with van der Waals surface area (Å²) in [5, 5.41) is 0. The molecule has 5 heteroatoms. The molecule has 0 atom stereocenters. The molecular weight excluding hydrogens is 263 g/mol. The highest BCUT2D eigenvalue weighted by atomic mass is 32.2. The summed E-state index contributed by atoms with van der Waals surface area (Å²) in [7, 11) is 0. The van der Waals surface area contributed by atoms with Crippen molar-refractivity contribution in [3.8, 4) is 0 Å². The molecule has 96 valence electrons. The van der Waals surface area contributed by atoms with E-state index >= 15 is 0 Å². The van der Waals surface area contributed by atoms with Crippen molar-refractivity contribution >= 4 is 28.5 Å². The second kappa shape index (κ2) is 4.93. The Labute approximate surface area is 113 Å². The van der Waals surface area contributed by atoms with Crippen molar-refractivity contribution in [1.29, 1.82) is 0 Å². The monoisotopic (exact) mass is 274 g/mol. The van der Waals surface area contributed by atoms with Gasteiger partial charge in [-0.3, -0.25) is 0 Å². The minimum absolute atomic E-state index is 0.233. The van der Waals surface area contributed by atoms with E-state index in [4.69, 9.17) is 10.2 Å². The van der Waals surface area contributed by atoms with Crippen LogP contribution in [0, 0.1) is 5.82 Å². The number of thioether (sulfide) groups is 1. The van der Waals surface area contributed by atoms with Gasteiger partial charge in [0.15, 0.2) is 5.58 Å². The molecule has 0 aliphatic heterocycles. The fourth-order valence-electron chi connectivity index (χ4n) is 1.78. The molecule has 0 fully saturated rings. The van der Waals surface area contributed by atoms with Crippen LogP contribution < -0.4 is 5.73 Å². The lowest BCUT2D eigenvalue weighted by Gasteiger charge is -1.99. The maximum atomic E-state index is 13.5. The van der Waals surface area contributed by atoms with Crippen LogP contribution in [-0.2, 0) is 5.75 Å². The van der Waals surface area contributed by atoms with Crippen LogP contribution >= 0.6 is 11.8 Å². The third-order valence-electron chi connectivity index (χ3n) is 2.68. The molecule has 3 rings (SSSR count). The first-order chi connectivity index (χ1) is 9.24. The predicted molar refractivity (Wildman–Crippen MR) is 74.4 cm³/mol. The lowest BCUT2D eigenvalue weighted by atomic mass is 10.3. The molecule has 0 aliphatic rings. The molecule has 0 saturated heterocycles. The van der Waals surface area contributed by atoms with Crippen molar-refractivity contribution in [2.75, 3.05) is 5.73 Å². The van der Waals surface area contributed by atoms with Gasteiger partial charge in [-0.25, -0.2) is 9.37 Å². The molecule has 19 heavy (non-hydrogen) atoms. The highest BCUT2D eigenvalue weighted by molar-refractivity contribution is 7.98. The number of fused-ring (bicyclic) bond motifs is 1. The first-order valence-electron chi connectivity index (χ1n) is 5.75. The second-order valence-electron chi connectivity index (χ2n) is 4.02. The molecule has 2 aromatic carbocycles. The molecule has 2 N–H and O–H groups in total. The average molecular weight is 274 g/mol. The Bertz CT molecular complexity index is 726. The van der Waals surface area contributed by atoms with E-state index < -0.39 is 0 Å². The molecule has 3 aromatic rings. The molecule has 3 nitrogen and oxygen atoms in total. The maximum absolute atomic E-state index is 13.5. The van der Waals surface area contributed by atoms with Crippen LogP contribution in [0.5, 0.6) is 0 Å². The number of anilines is 1. The van der Waals surface area contributed by atoms with Crippen molar-refractivity contribution in [1.82, 2.24) is 4.98 Å². The van der Waals surface area contributed by atoms with Crippen LogP contribution in [-0.4, -0.2) is 4.98 Å². The number of halogens is 1. The Balaban J connectivity index is 1.83. The van der Waals surface area contributed by atoms with E-state index in [1.54, 1.807) is 24.3 Å². The van der Waals surface area contributed by atoms with Crippen LogP contribution in [0.3, 0.4) is 0 Å². The number of hydrogen-bond donors (Lipinski definition) is 1. The summed E-state index contributed by atoms with van der Waals surface area (Å²) in [6, 6.07) is 12.0. The quantitative estimate of drug-likeness (QED) is 0.582. The number of nitrogen functional groups attached to an aromatic ring is 1. The molecule has 0 aliphatic carbocycles. The van der Waals surface area contributed by atoms with Gasteiger partial charge in [-0.1, -0.05) is 18.2 Å². The molecule has 0 spiro atoms. The lowest BCUT2D eigenvalue weighted by Crippen LogP contribution is -1.86. The van der Waals surface area contributed by atoms with E-state index in [9.17, 15) is 4.39 Å². The average Bonchev–Trinajstić information content (AvgIpc) is 2.82. The van der Waals surface area contributed by atoms with Gasteiger partial charge >= 0.3 is 0 Å². The number of nitrogens with two attached hydrogens (primary N) is 1. The van der Waals surface area contributed by atoms with Gasteiger partial charge < -0.3 is 10.2 Å². The summed E-state index contributed by atoms with van der Waals surface area (Å²) in [6.45, 7) is 0. The standard InChI is InChI=1S/C14H11FN2OS/c15-9-4-1-2-7-12(9)19-8-13-17-14-10(16)5-3-6-11(14)18-13/h1-7H,8,16H2. The fraction of sp³-hybridized carbons (Fsp3) is 0.0714. The zero-order valence-corrected chi connectivity index (χ0v) is 10.8. The summed E-state index contributed by atoms with van der Waals surface area (Å²) in [4.78, 5) is 4.90. The van der Waals surface area contributed by atoms with Crippen LogP contribution in [0.15, 0.2) is 51.8 Å². The van der Waals surface area contributed by atoms with Gasteiger partial charge in [-0.05, 0) is 24.3 Å². The van der Waals surface area contributed by atoms with Crippen LogP contribution in [0.25, 0.3) is 11.1 Å². The van der Waals surface area contributed by atoms with Crippen molar-refractivity contribution < 1.29 is 8.81 Å². The summed E-state index contributed by atoms with van der Waals surface area (Å²) in [5.41, 5.74) is 7.71. The number of oxazole rings is 1. The van der Waals surface area contributed by atoms with Gasteiger partial charge in [0.25, 0.3) is 0 Å². The number of rotatable bonds is 3. The number of hydrogen-bond acceptors (Lipinski definition) is 4. The molecule has 0 unspecified atom stereocenters. The molecular formula is C14H11FN2OS. The van der Waals surface area contributed by atoms with E-state index in [-0.39, 0.29) is 5.82 Å². The zero-order valence-electron chi connectivity index (χ0n) is 9.97. The van der Waals surface area contributed by atoms with Crippen molar-refractivity contribution in [2.24, 2.45) is 0 Å². The Morgan fingerprint density at radius 3 is 2.79 bits per heavy atom. The van der Waals surface area contributed by atoms with Crippen LogP contribution in [0.1, 0.15) is 5.89 Å². The second-order valence-corrected chi connectivity index (χ2v) is 5.04. The lowest BCUT2D eigenvalue weighted by molar-refractivity contribution is 0.555. The van der Waals surface area contributed by atoms with Crippen LogP contribution in [0.2, 0.25) is 0 Å². The largest absolute Gasteiger partial charge is 0.440 e. The topological polar surface area (TPSA) is 52.0 Å². The summed E-state index contributed by atoms with van der Waals surface area (Å²) in [6.07, 6.45) is 0. The molecule has 0 saturated carbocycles. The minimum atomic E-state index is -0.233. The SMILES string of the molecule is Nc1cccc2oc(CSc3ccccc3F)nc12. The van der Waals surface area contributed by atoms with Gasteiger partial charge in [0.05, 0.1) is 11.4 Å². The maximum Gasteiger partial charge on any atom is 0.205 e.